The zero-order valence-electron chi connectivity index (χ0n) is 13.2. The number of carbonyl (C=O) groups excluding carboxylic acids is 2. The summed E-state index contributed by atoms with van der Waals surface area (Å²) in [6.07, 6.45) is 1.58. The van der Waals surface area contributed by atoms with E-state index >= 15 is 0 Å². The Morgan fingerprint density at radius 3 is 2.96 bits per heavy atom. The van der Waals surface area contributed by atoms with Gasteiger partial charge in [-0.1, -0.05) is 27.5 Å². The topological polar surface area (TPSA) is 58.6 Å². The first kappa shape index (κ1) is 19.1. The molecule has 1 aliphatic rings. The monoisotopic (exact) mass is 432 g/mol. The number of hydrogen-bond acceptors (Lipinski definition) is 4. The van der Waals surface area contributed by atoms with Gasteiger partial charge in [-0.15, -0.1) is 0 Å². The number of nitrogens with zero attached hydrogens (tertiary/aromatic N) is 1. The molecular weight excluding hydrogens is 416 g/mol. The van der Waals surface area contributed by atoms with Gasteiger partial charge < -0.3 is 9.64 Å². The van der Waals surface area contributed by atoms with Crippen molar-refractivity contribution in [2.45, 2.75) is 19.8 Å². The van der Waals surface area contributed by atoms with Crippen molar-refractivity contribution >= 4 is 56.7 Å². The molecule has 1 aromatic rings. The predicted octanol–water partition coefficient (Wildman–Crippen LogP) is 3.39. The first-order valence-corrected chi connectivity index (χ1v) is 9.22. The van der Waals surface area contributed by atoms with Crippen LogP contribution in [0.4, 0.5) is 0 Å². The highest BCUT2D eigenvalue weighted by molar-refractivity contribution is 9.10. The lowest BCUT2D eigenvalue weighted by Gasteiger charge is -2.33. The molecule has 5 nitrogen and oxygen atoms in total. The Hall–Kier alpha value is -1.18. The Morgan fingerprint density at radius 2 is 2.25 bits per heavy atom. The van der Waals surface area contributed by atoms with Crippen molar-refractivity contribution in [1.29, 1.82) is 0 Å². The highest BCUT2D eigenvalue weighted by Crippen LogP contribution is 2.22. The highest BCUT2D eigenvalue weighted by atomic mass is 79.9. The van der Waals surface area contributed by atoms with E-state index in [9.17, 15) is 9.59 Å². The number of piperidine rings is 1. The van der Waals surface area contributed by atoms with E-state index in [2.05, 4.69) is 21.2 Å². The number of esters is 1. The molecule has 0 spiro atoms. The van der Waals surface area contributed by atoms with E-state index in [-0.39, 0.29) is 17.8 Å². The SMILES string of the molecule is CCOC(=O)[C@H]1CCCN(C(=S)NC(=O)c2cc(Br)ccc2Cl)C1. The second kappa shape index (κ2) is 8.78. The van der Waals surface area contributed by atoms with Crippen molar-refractivity contribution in [3.8, 4) is 0 Å². The lowest BCUT2D eigenvalue weighted by Crippen LogP contribution is -2.48. The molecule has 0 bridgehead atoms. The second-order valence-electron chi connectivity index (χ2n) is 5.42. The van der Waals surface area contributed by atoms with Crippen LogP contribution in [-0.4, -0.2) is 41.6 Å². The number of ether oxygens (including phenoxy) is 1. The maximum absolute atomic E-state index is 12.4. The van der Waals surface area contributed by atoms with Crippen LogP contribution in [0, 0.1) is 5.92 Å². The standard InChI is InChI=1S/C16H18BrClN2O3S/c1-2-23-15(22)10-4-3-7-20(9-10)16(24)19-14(21)12-8-11(17)5-6-13(12)18/h5-6,8,10H,2-4,7,9H2,1H3,(H,19,21,24)/t10-/m0/s1. The van der Waals surface area contributed by atoms with Gasteiger partial charge >= 0.3 is 5.97 Å². The average molecular weight is 434 g/mol. The predicted molar refractivity (Wildman–Crippen MR) is 100 cm³/mol. The Morgan fingerprint density at radius 1 is 1.50 bits per heavy atom. The number of carbonyl (C=O) groups is 2. The zero-order valence-corrected chi connectivity index (χ0v) is 16.3. The van der Waals surface area contributed by atoms with Gasteiger partial charge in [-0.3, -0.25) is 14.9 Å². The van der Waals surface area contributed by atoms with Crippen LogP contribution in [0.1, 0.15) is 30.1 Å². The Kier molecular flexibility index (Phi) is 7.01. The number of rotatable bonds is 3. The summed E-state index contributed by atoms with van der Waals surface area (Å²) < 4.78 is 5.82. The van der Waals surface area contributed by atoms with Crippen LogP contribution in [0.25, 0.3) is 0 Å². The van der Waals surface area contributed by atoms with Gasteiger partial charge in [-0.25, -0.2) is 0 Å². The molecule has 1 fully saturated rings. The number of hydrogen-bond donors (Lipinski definition) is 1. The molecule has 24 heavy (non-hydrogen) atoms. The molecule has 1 N–H and O–H groups in total. The van der Waals surface area contributed by atoms with Crippen LogP contribution in [0.5, 0.6) is 0 Å². The lowest BCUT2D eigenvalue weighted by atomic mass is 9.98. The Labute approximate surface area is 159 Å². The van der Waals surface area contributed by atoms with E-state index in [1.165, 1.54) is 0 Å². The summed E-state index contributed by atoms with van der Waals surface area (Å²) in [7, 11) is 0. The minimum Gasteiger partial charge on any atom is -0.466 e. The summed E-state index contributed by atoms with van der Waals surface area (Å²) >= 11 is 14.7. The summed E-state index contributed by atoms with van der Waals surface area (Å²) in [5.74, 6) is -0.807. The molecule has 0 aliphatic carbocycles. The molecule has 1 aromatic carbocycles. The number of amides is 1. The number of likely N-dealkylation sites (tertiary alicyclic amines) is 1. The van der Waals surface area contributed by atoms with E-state index in [1.54, 1.807) is 25.1 Å². The Bertz CT molecular complexity index is 656. The number of thiocarbonyl (C=S) groups is 1. The van der Waals surface area contributed by atoms with Crippen molar-refractivity contribution in [2.75, 3.05) is 19.7 Å². The van der Waals surface area contributed by atoms with Gasteiger partial charge in [0.15, 0.2) is 5.11 Å². The van der Waals surface area contributed by atoms with Crippen molar-refractivity contribution in [3.05, 3.63) is 33.3 Å². The Balaban J connectivity index is 1.99. The van der Waals surface area contributed by atoms with Crippen LogP contribution in [0.3, 0.4) is 0 Å². The maximum atomic E-state index is 12.4. The average Bonchev–Trinajstić information content (AvgIpc) is 2.57. The molecule has 130 valence electrons. The number of nitrogens with one attached hydrogen (secondary N) is 1. The third kappa shape index (κ3) is 4.91. The minimum atomic E-state index is -0.371. The normalized spacial score (nSPS) is 17.3. The van der Waals surface area contributed by atoms with Crippen molar-refractivity contribution in [2.24, 2.45) is 5.92 Å². The highest BCUT2D eigenvalue weighted by Gasteiger charge is 2.28. The molecule has 1 atom stereocenters. The quantitative estimate of drug-likeness (QED) is 0.585. The largest absolute Gasteiger partial charge is 0.466 e. The fourth-order valence-corrected chi connectivity index (χ4v) is 3.35. The van der Waals surface area contributed by atoms with E-state index < -0.39 is 0 Å². The summed E-state index contributed by atoms with van der Waals surface area (Å²) in [4.78, 5) is 26.1. The number of benzene rings is 1. The van der Waals surface area contributed by atoms with Crippen LogP contribution in [0.2, 0.25) is 5.02 Å². The summed E-state index contributed by atoms with van der Waals surface area (Å²) in [6.45, 7) is 3.29. The smallest absolute Gasteiger partial charge is 0.310 e. The second-order valence-corrected chi connectivity index (χ2v) is 7.13. The van der Waals surface area contributed by atoms with Crippen molar-refractivity contribution in [3.63, 3.8) is 0 Å². The van der Waals surface area contributed by atoms with Gasteiger partial charge in [0.25, 0.3) is 5.91 Å². The molecule has 8 heteroatoms. The molecule has 0 saturated carbocycles. The van der Waals surface area contributed by atoms with Crippen LogP contribution in [-0.2, 0) is 9.53 Å². The van der Waals surface area contributed by atoms with Crippen LogP contribution in [0.15, 0.2) is 22.7 Å². The molecule has 1 saturated heterocycles. The summed E-state index contributed by atoms with van der Waals surface area (Å²) in [5.41, 5.74) is 0.340. The molecule has 1 aliphatic heterocycles. The molecule has 0 unspecified atom stereocenters. The lowest BCUT2D eigenvalue weighted by molar-refractivity contribution is -0.149. The number of halogens is 2. The van der Waals surface area contributed by atoms with Gasteiger partial charge in [0.05, 0.1) is 23.1 Å². The molecule has 2 rings (SSSR count). The fourth-order valence-electron chi connectivity index (χ4n) is 2.53. The summed E-state index contributed by atoms with van der Waals surface area (Å²) in [6, 6.07) is 5.03. The molecular formula is C16H18BrClN2O3S. The molecule has 0 radical (unpaired) electrons. The minimum absolute atomic E-state index is 0.216. The van der Waals surface area contributed by atoms with Gasteiger partial charge in [0.1, 0.15) is 0 Å². The van der Waals surface area contributed by atoms with Crippen LogP contribution >= 0.6 is 39.7 Å². The van der Waals surface area contributed by atoms with E-state index in [4.69, 9.17) is 28.6 Å². The van der Waals surface area contributed by atoms with Crippen molar-refractivity contribution < 1.29 is 14.3 Å². The summed E-state index contributed by atoms with van der Waals surface area (Å²) in [5, 5.41) is 3.33. The van der Waals surface area contributed by atoms with Crippen molar-refractivity contribution in [1.82, 2.24) is 10.2 Å². The zero-order chi connectivity index (χ0) is 17.7. The molecule has 1 amide bonds. The van der Waals surface area contributed by atoms with E-state index in [1.807, 2.05) is 4.90 Å². The first-order chi connectivity index (χ1) is 11.4. The fraction of sp³-hybridized carbons (Fsp3) is 0.438. The van der Waals surface area contributed by atoms with Crippen LogP contribution < -0.4 is 5.32 Å². The van der Waals surface area contributed by atoms with Gasteiger partial charge in [0, 0.05) is 17.6 Å². The first-order valence-electron chi connectivity index (χ1n) is 7.64. The third-order valence-corrected chi connectivity index (χ3v) is 4.91. The van der Waals surface area contributed by atoms with Gasteiger partial charge in [-0.2, -0.15) is 0 Å². The van der Waals surface area contributed by atoms with Gasteiger partial charge in [0.2, 0.25) is 0 Å². The molecule has 1 heterocycles. The molecule has 0 aromatic heterocycles. The van der Waals surface area contributed by atoms with E-state index in [0.29, 0.717) is 35.4 Å². The van der Waals surface area contributed by atoms with E-state index in [0.717, 1.165) is 17.3 Å². The maximum Gasteiger partial charge on any atom is 0.310 e. The van der Waals surface area contributed by atoms with Gasteiger partial charge in [-0.05, 0) is 50.2 Å². The third-order valence-electron chi connectivity index (χ3n) is 3.72.